The van der Waals surface area contributed by atoms with Crippen LogP contribution in [0.15, 0.2) is 59.5 Å². The first kappa shape index (κ1) is 39.9. The third-order valence-corrected chi connectivity index (χ3v) is 11.8. The summed E-state index contributed by atoms with van der Waals surface area (Å²) in [4.78, 5) is 18.3. The number of sulfonamides is 1. The fourth-order valence-corrected chi connectivity index (χ4v) is 8.92. The molecule has 0 spiro atoms. The van der Waals surface area contributed by atoms with Gasteiger partial charge in [0, 0.05) is 35.9 Å². The Labute approximate surface area is 315 Å². The molecule has 2 N–H and O–H groups in total. The number of halogens is 1. The van der Waals surface area contributed by atoms with Gasteiger partial charge in [0.25, 0.3) is 10.0 Å². The Hall–Kier alpha value is -4.34. The Morgan fingerprint density at radius 2 is 1.75 bits per heavy atom. The molecule has 1 heterocycles. The number of methoxy groups -OCH3 is 2. The van der Waals surface area contributed by atoms with E-state index >= 15 is 4.39 Å². The number of carbonyl (C=O) groups excluding carboxylic acids is 1. The van der Waals surface area contributed by atoms with E-state index < -0.39 is 32.4 Å². The smallest absolute Gasteiger partial charge is 0.407 e. The van der Waals surface area contributed by atoms with E-state index in [2.05, 4.69) is 20.5 Å². The van der Waals surface area contributed by atoms with Gasteiger partial charge in [-0.05, 0) is 103 Å². The van der Waals surface area contributed by atoms with Gasteiger partial charge >= 0.3 is 6.09 Å². The minimum absolute atomic E-state index is 0.116. The summed E-state index contributed by atoms with van der Waals surface area (Å²) in [6.45, 7) is 5.91. The van der Waals surface area contributed by atoms with Crippen LogP contribution in [0.3, 0.4) is 0 Å². The van der Waals surface area contributed by atoms with Crippen LogP contribution in [0.4, 0.5) is 20.0 Å². The summed E-state index contributed by atoms with van der Waals surface area (Å²) in [5.74, 6) is 0.638. The van der Waals surface area contributed by atoms with Crippen molar-refractivity contribution in [2.24, 2.45) is 0 Å². The number of ether oxygens (including phenoxy) is 4. The Balaban J connectivity index is 1.40. The average Bonchev–Trinajstić information content (AvgIpc) is 3.52. The highest BCUT2D eigenvalue weighted by Gasteiger charge is 2.33. The highest BCUT2D eigenvalue weighted by Crippen LogP contribution is 2.38. The van der Waals surface area contributed by atoms with Crippen LogP contribution in [0, 0.1) is 5.82 Å². The second-order valence-corrected chi connectivity index (χ2v) is 17.0. The molecule has 2 atom stereocenters. The first-order chi connectivity index (χ1) is 25.2. The summed E-state index contributed by atoms with van der Waals surface area (Å²) in [6, 6.07) is 15.0. The summed E-state index contributed by atoms with van der Waals surface area (Å²) >= 11 is 1.15. The highest BCUT2D eigenvalue weighted by molar-refractivity contribution is 7.93. The number of amides is 1. The van der Waals surface area contributed by atoms with E-state index in [9.17, 15) is 13.2 Å². The number of anilines is 2. The number of hydrogen-bond acceptors (Lipinski definition) is 11. The van der Waals surface area contributed by atoms with Crippen LogP contribution in [0.25, 0.3) is 10.2 Å². The maximum Gasteiger partial charge on any atom is 0.407 e. The molecule has 0 bridgehead atoms. The first-order valence-electron chi connectivity index (χ1n) is 17.6. The minimum Gasteiger partial charge on any atom is -0.497 e. The quantitative estimate of drug-likeness (QED) is 0.118. The molecule has 1 saturated carbocycles. The van der Waals surface area contributed by atoms with E-state index in [4.69, 9.17) is 18.9 Å². The molecular formula is C38H50FN5O7S2. The average molecular weight is 772 g/mol. The van der Waals surface area contributed by atoms with Crippen LogP contribution >= 0.6 is 11.3 Å². The van der Waals surface area contributed by atoms with Gasteiger partial charge in [-0.15, -0.1) is 0 Å². The molecule has 1 aliphatic carbocycles. The van der Waals surface area contributed by atoms with Crippen molar-refractivity contribution in [2.45, 2.75) is 82.0 Å². The van der Waals surface area contributed by atoms with Gasteiger partial charge in [0.2, 0.25) is 5.13 Å². The van der Waals surface area contributed by atoms with Crippen LogP contribution < -0.4 is 29.1 Å². The standard InChI is InChI=1S/C38H50FN5O7S2/c1-38(2,3)51-37(45)40-19-10-20-50-28-16-17-31-34(23-28)52-36(42-31)44(24-25-13-15-27(48-6)22-33(25)49-7)53(46,47)35-18-14-26(21-29(35)39)41-30-11-8-9-12-32(30)43(4)5/h13-18,21-23,30,32,41H,8-12,19-20,24H2,1-7H3,(H,40,45)/t30-,32-/m0/s1. The number of nitrogens with zero attached hydrogens (tertiary/aromatic N) is 3. The predicted molar refractivity (Wildman–Crippen MR) is 207 cm³/mol. The Bertz CT molecular complexity index is 1980. The fourth-order valence-electron chi connectivity index (χ4n) is 6.28. The fraction of sp³-hybridized carbons (Fsp3) is 0.474. The van der Waals surface area contributed by atoms with Crippen LogP contribution in [0.5, 0.6) is 17.2 Å². The summed E-state index contributed by atoms with van der Waals surface area (Å²) in [5, 5.41) is 6.30. The number of hydrogen-bond donors (Lipinski definition) is 2. The second kappa shape index (κ2) is 17.2. The minimum atomic E-state index is -4.49. The van der Waals surface area contributed by atoms with Crippen molar-refractivity contribution in [3.8, 4) is 17.2 Å². The first-order valence-corrected chi connectivity index (χ1v) is 19.9. The molecule has 12 nitrogen and oxygen atoms in total. The van der Waals surface area contributed by atoms with E-state index in [1.807, 2.05) is 14.1 Å². The van der Waals surface area contributed by atoms with Gasteiger partial charge in [0.05, 0.1) is 37.6 Å². The highest BCUT2D eigenvalue weighted by atomic mass is 32.2. The van der Waals surface area contributed by atoms with Crippen molar-refractivity contribution < 1.29 is 36.6 Å². The van der Waals surface area contributed by atoms with Crippen molar-refractivity contribution in [1.29, 1.82) is 0 Å². The zero-order valence-electron chi connectivity index (χ0n) is 31.4. The van der Waals surface area contributed by atoms with E-state index in [1.165, 1.54) is 26.4 Å². The van der Waals surface area contributed by atoms with Crippen LogP contribution in [-0.2, 0) is 21.3 Å². The van der Waals surface area contributed by atoms with Crippen molar-refractivity contribution in [3.05, 3.63) is 66.0 Å². The summed E-state index contributed by atoms with van der Waals surface area (Å²) in [6.07, 6.45) is 4.23. The van der Waals surface area contributed by atoms with E-state index in [1.54, 1.807) is 63.2 Å². The second-order valence-electron chi connectivity index (χ2n) is 14.2. The lowest BCUT2D eigenvalue weighted by molar-refractivity contribution is 0.0525. The van der Waals surface area contributed by atoms with Gasteiger partial charge < -0.3 is 34.5 Å². The molecule has 0 aliphatic heterocycles. The lowest BCUT2D eigenvalue weighted by Gasteiger charge is -2.37. The zero-order valence-corrected chi connectivity index (χ0v) is 33.0. The number of nitrogens with one attached hydrogen (secondary N) is 2. The van der Waals surface area contributed by atoms with Gasteiger partial charge in [-0.25, -0.2) is 26.9 Å². The maximum absolute atomic E-state index is 16.0. The number of alkyl carbamates (subject to hydrolysis) is 1. The molecule has 288 valence electrons. The van der Waals surface area contributed by atoms with E-state index in [0.29, 0.717) is 58.3 Å². The lowest BCUT2D eigenvalue weighted by atomic mass is 9.89. The third kappa shape index (κ3) is 10.2. The number of aromatic nitrogens is 1. The molecular weight excluding hydrogens is 722 g/mol. The summed E-state index contributed by atoms with van der Waals surface area (Å²) < 4.78 is 68.9. The largest absolute Gasteiger partial charge is 0.497 e. The Morgan fingerprint density at radius 3 is 2.45 bits per heavy atom. The number of likely N-dealkylation sites (N-methyl/N-ethyl adjacent to an activating group) is 1. The number of thiazole rings is 1. The molecule has 1 aliphatic rings. The van der Waals surface area contributed by atoms with Crippen LogP contribution in [-0.4, -0.2) is 83.5 Å². The molecule has 1 fully saturated rings. The molecule has 15 heteroatoms. The predicted octanol–water partition coefficient (Wildman–Crippen LogP) is 7.43. The van der Waals surface area contributed by atoms with Crippen molar-refractivity contribution >= 4 is 48.5 Å². The lowest BCUT2D eigenvalue weighted by Crippen LogP contribution is -2.45. The number of rotatable bonds is 15. The normalized spacial score (nSPS) is 16.3. The van der Waals surface area contributed by atoms with E-state index in [0.717, 1.165) is 41.3 Å². The van der Waals surface area contributed by atoms with Gasteiger partial charge in [0.15, 0.2) is 0 Å². The summed E-state index contributed by atoms with van der Waals surface area (Å²) in [5.41, 5.74) is 1.02. The summed E-state index contributed by atoms with van der Waals surface area (Å²) in [7, 11) is 2.61. The zero-order chi connectivity index (χ0) is 38.3. The van der Waals surface area contributed by atoms with Gasteiger partial charge in [0.1, 0.15) is 33.6 Å². The monoisotopic (exact) mass is 771 g/mol. The van der Waals surface area contributed by atoms with Gasteiger partial charge in [-0.1, -0.05) is 24.2 Å². The third-order valence-electron chi connectivity index (χ3n) is 8.87. The van der Waals surface area contributed by atoms with Crippen LogP contribution in [0.2, 0.25) is 0 Å². The number of carbonyl (C=O) groups is 1. The molecule has 5 rings (SSSR count). The van der Waals surface area contributed by atoms with Gasteiger partial charge in [-0.2, -0.15) is 0 Å². The topological polar surface area (TPSA) is 132 Å². The number of benzene rings is 3. The molecule has 1 aromatic heterocycles. The molecule has 53 heavy (non-hydrogen) atoms. The molecule has 0 saturated heterocycles. The molecule has 4 aromatic rings. The Morgan fingerprint density at radius 1 is 1.00 bits per heavy atom. The van der Waals surface area contributed by atoms with Crippen molar-refractivity contribution in [3.63, 3.8) is 0 Å². The van der Waals surface area contributed by atoms with Crippen LogP contribution in [0.1, 0.15) is 58.4 Å². The molecule has 1 amide bonds. The van der Waals surface area contributed by atoms with Gasteiger partial charge in [-0.3, -0.25) is 0 Å². The van der Waals surface area contributed by atoms with Crippen molar-refractivity contribution in [1.82, 2.24) is 15.2 Å². The molecule has 0 radical (unpaired) electrons. The van der Waals surface area contributed by atoms with Crippen molar-refractivity contribution in [2.75, 3.05) is 51.1 Å². The Kier molecular flexibility index (Phi) is 12.9. The molecule has 3 aromatic carbocycles. The number of fused-ring (bicyclic) bond motifs is 1. The maximum atomic E-state index is 16.0. The molecule has 0 unspecified atom stereocenters. The SMILES string of the molecule is COc1ccc(CN(c2nc3ccc(OCCCNC(=O)OC(C)(C)C)cc3s2)S(=O)(=O)c2ccc(N[C@H]3CCCC[C@@H]3N(C)C)cc2F)c(OC)c1. The van der Waals surface area contributed by atoms with E-state index in [-0.39, 0.29) is 23.8 Å².